The van der Waals surface area contributed by atoms with Crippen molar-refractivity contribution in [3.63, 3.8) is 0 Å². The number of benzene rings is 2. The molecule has 0 amide bonds. The van der Waals surface area contributed by atoms with Gasteiger partial charge in [-0.1, -0.05) is 43.3 Å². The SMILES string of the molecule is C[C@]12CCC3c4cc(CC(=O)O)c(OCc5ccccc5)cc4CCC3C1CCC2O. The summed E-state index contributed by atoms with van der Waals surface area (Å²) in [5.41, 5.74) is 4.57. The lowest BCUT2D eigenvalue weighted by molar-refractivity contribution is -0.136. The first kappa shape index (κ1) is 20.6. The third-order valence-corrected chi connectivity index (χ3v) is 8.43. The number of aliphatic hydroxyl groups is 1. The minimum Gasteiger partial charge on any atom is -0.489 e. The van der Waals surface area contributed by atoms with Crippen LogP contribution >= 0.6 is 0 Å². The monoisotopic (exact) mass is 420 g/mol. The van der Waals surface area contributed by atoms with E-state index < -0.39 is 5.97 Å². The van der Waals surface area contributed by atoms with Gasteiger partial charge in [-0.2, -0.15) is 0 Å². The fourth-order valence-corrected chi connectivity index (χ4v) is 6.79. The standard InChI is InChI=1S/C27H32O4/c1-27-12-11-20-21(23(27)9-10-25(27)28)8-7-18-14-24(19(13-22(18)20)15-26(29)30)31-16-17-5-3-2-4-6-17/h2-6,13-14,20-21,23,25,28H,7-12,15-16H2,1H3,(H,29,30)/t20?,21?,23?,25?,27-/m0/s1. The minimum absolute atomic E-state index is 0.0192. The maximum Gasteiger partial charge on any atom is 0.307 e. The Labute approximate surface area is 184 Å². The lowest BCUT2D eigenvalue weighted by Crippen LogP contribution is -2.44. The number of aliphatic carboxylic acids is 1. The molecule has 3 aliphatic rings. The van der Waals surface area contributed by atoms with Crippen LogP contribution in [0.4, 0.5) is 0 Å². The van der Waals surface area contributed by atoms with Crippen LogP contribution in [-0.4, -0.2) is 22.3 Å². The van der Waals surface area contributed by atoms with Crippen LogP contribution in [0.3, 0.4) is 0 Å². The molecular formula is C27H32O4. The maximum absolute atomic E-state index is 11.6. The van der Waals surface area contributed by atoms with Gasteiger partial charge in [-0.3, -0.25) is 4.79 Å². The molecule has 0 heterocycles. The summed E-state index contributed by atoms with van der Waals surface area (Å²) in [5.74, 6) is 1.53. The molecule has 2 fully saturated rings. The first-order chi connectivity index (χ1) is 15.0. The van der Waals surface area contributed by atoms with E-state index in [1.165, 1.54) is 11.1 Å². The van der Waals surface area contributed by atoms with Crippen molar-refractivity contribution in [3.8, 4) is 5.75 Å². The highest BCUT2D eigenvalue weighted by molar-refractivity contribution is 5.72. The molecule has 5 rings (SSSR count). The second-order valence-corrected chi connectivity index (χ2v) is 10.1. The third-order valence-electron chi connectivity index (χ3n) is 8.43. The molecule has 5 atom stereocenters. The van der Waals surface area contributed by atoms with Crippen molar-refractivity contribution in [2.75, 3.05) is 0 Å². The van der Waals surface area contributed by atoms with Crippen molar-refractivity contribution in [1.29, 1.82) is 0 Å². The minimum atomic E-state index is -0.827. The molecule has 2 aromatic carbocycles. The summed E-state index contributed by atoms with van der Waals surface area (Å²) in [6, 6.07) is 14.2. The Morgan fingerprint density at radius 1 is 1.13 bits per heavy atom. The Kier molecular flexibility index (Phi) is 5.29. The van der Waals surface area contributed by atoms with Gasteiger partial charge in [0.15, 0.2) is 0 Å². The lowest BCUT2D eigenvalue weighted by atomic mass is 9.55. The molecule has 0 aromatic heterocycles. The maximum atomic E-state index is 11.6. The fourth-order valence-electron chi connectivity index (χ4n) is 6.79. The first-order valence-corrected chi connectivity index (χ1v) is 11.7. The molecule has 0 radical (unpaired) electrons. The molecule has 0 saturated heterocycles. The van der Waals surface area contributed by atoms with Gasteiger partial charge in [-0.15, -0.1) is 0 Å². The van der Waals surface area contributed by atoms with Crippen molar-refractivity contribution in [2.45, 2.75) is 70.5 Å². The van der Waals surface area contributed by atoms with E-state index in [4.69, 9.17) is 4.74 Å². The van der Waals surface area contributed by atoms with Crippen LogP contribution < -0.4 is 4.74 Å². The first-order valence-electron chi connectivity index (χ1n) is 11.7. The normalized spacial score (nSPS) is 31.4. The van der Waals surface area contributed by atoms with Crippen LogP contribution in [0.2, 0.25) is 0 Å². The van der Waals surface area contributed by atoms with Crippen LogP contribution in [0.15, 0.2) is 42.5 Å². The number of aliphatic hydroxyl groups excluding tert-OH is 1. The van der Waals surface area contributed by atoms with E-state index >= 15 is 0 Å². The molecular weight excluding hydrogens is 388 g/mol. The van der Waals surface area contributed by atoms with Crippen LogP contribution in [0, 0.1) is 17.3 Å². The Balaban J connectivity index is 1.45. The van der Waals surface area contributed by atoms with E-state index in [1.54, 1.807) is 0 Å². The van der Waals surface area contributed by atoms with Gasteiger partial charge < -0.3 is 14.9 Å². The molecule has 2 saturated carbocycles. The van der Waals surface area contributed by atoms with Gasteiger partial charge >= 0.3 is 5.97 Å². The van der Waals surface area contributed by atoms with Crippen LogP contribution in [0.5, 0.6) is 5.75 Å². The second-order valence-electron chi connectivity index (χ2n) is 10.1. The zero-order chi connectivity index (χ0) is 21.6. The van der Waals surface area contributed by atoms with Crippen LogP contribution in [0.25, 0.3) is 0 Å². The number of hydrogen-bond donors (Lipinski definition) is 2. The number of carbonyl (C=O) groups is 1. The fraction of sp³-hybridized carbons (Fsp3) is 0.519. The van der Waals surface area contributed by atoms with E-state index in [0.29, 0.717) is 30.1 Å². The van der Waals surface area contributed by atoms with Gasteiger partial charge in [0, 0.05) is 5.56 Å². The summed E-state index contributed by atoms with van der Waals surface area (Å²) in [6.45, 7) is 2.73. The number of fused-ring (bicyclic) bond motifs is 5. The summed E-state index contributed by atoms with van der Waals surface area (Å²) < 4.78 is 6.13. The summed E-state index contributed by atoms with van der Waals surface area (Å²) in [4.78, 5) is 11.6. The van der Waals surface area contributed by atoms with Crippen LogP contribution in [-0.2, 0) is 24.2 Å². The molecule has 3 aliphatic carbocycles. The van der Waals surface area contributed by atoms with Gasteiger partial charge in [0.1, 0.15) is 12.4 Å². The molecule has 4 unspecified atom stereocenters. The predicted molar refractivity (Wildman–Crippen MR) is 119 cm³/mol. The van der Waals surface area contributed by atoms with Gasteiger partial charge in [-0.25, -0.2) is 0 Å². The number of carboxylic acids is 1. The highest BCUT2D eigenvalue weighted by Gasteiger charge is 2.54. The van der Waals surface area contributed by atoms with Crippen molar-refractivity contribution < 1.29 is 19.7 Å². The highest BCUT2D eigenvalue weighted by Crippen LogP contribution is 2.61. The topological polar surface area (TPSA) is 66.8 Å². The quantitative estimate of drug-likeness (QED) is 0.705. The second kappa shape index (κ2) is 7.98. The summed E-state index contributed by atoms with van der Waals surface area (Å²) >= 11 is 0. The van der Waals surface area contributed by atoms with Crippen molar-refractivity contribution in [3.05, 3.63) is 64.7 Å². The highest BCUT2D eigenvalue weighted by atomic mass is 16.5. The number of ether oxygens (including phenoxy) is 1. The lowest BCUT2D eigenvalue weighted by Gasteiger charge is -2.50. The van der Waals surface area contributed by atoms with Crippen molar-refractivity contribution in [1.82, 2.24) is 0 Å². The molecule has 2 N–H and O–H groups in total. The number of rotatable bonds is 5. The summed E-state index contributed by atoms with van der Waals surface area (Å²) in [7, 11) is 0. The average Bonchev–Trinajstić information content (AvgIpc) is 3.07. The molecule has 4 heteroatoms. The van der Waals surface area contributed by atoms with Gasteiger partial charge in [0.05, 0.1) is 12.5 Å². The van der Waals surface area contributed by atoms with E-state index in [1.807, 2.05) is 30.3 Å². The molecule has 31 heavy (non-hydrogen) atoms. The zero-order valence-electron chi connectivity index (χ0n) is 18.2. The van der Waals surface area contributed by atoms with E-state index in [-0.39, 0.29) is 17.9 Å². The van der Waals surface area contributed by atoms with Crippen LogP contribution in [0.1, 0.15) is 67.2 Å². The molecule has 0 aliphatic heterocycles. The third kappa shape index (κ3) is 3.65. The van der Waals surface area contributed by atoms with E-state index in [9.17, 15) is 15.0 Å². The Morgan fingerprint density at radius 3 is 2.71 bits per heavy atom. The molecule has 164 valence electrons. The largest absolute Gasteiger partial charge is 0.489 e. The Bertz CT molecular complexity index is 969. The van der Waals surface area contributed by atoms with Gasteiger partial charge in [0.2, 0.25) is 0 Å². The predicted octanol–water partition coefficient (Wildman–Crippen LogP) is 5.11. The van der Waals surface area contributed by atoms with E-state index in [0.717, 1.165) is 49.7 Å². The summed E-state index contributed by atoms with van der Waals surface area (Å²) in [6.07, 6.45) is 6.15. The van der Waals surface area contributed by atoms with Crippen molar-refractivity contribution >= 4 is 5.97 Å². The number of hydrogen-bond acceptors (Lipinski definition) is 3. The molecule has 4 nitrogen and oxygen atoms in total. The van der Waals surface area contributed by atoms with E-state index in [2.05, 4.69) is 19.1 Å². The number of carboxylic acid groups (broad SMARTS) is 1. The summed E-state index contributed by atoms with van der Waals surface area (Å²) in [5, 5.41) is 20.1. The Morgan fingerprint density at radius 2 is 1.94 bits per heavy atom. The zero-order valence-corrected chi connectivity index (χ0v) is 18.2. The smallest absolute Gasteiger partial charge is 0.307 e. The molecule has 0 bridgehead atoms. The van der Waals surface area contributed by atoms with Gasteiger partial charge in [0.25, 0.3) is 0 Å². The van der Waals surface area contributed by atoms with Gasteiger partial charge in [-0.05, 0) is 84.5 Å². The Hall–Kier alpha value is -2.33. The molecule has 0 spiro atoms. The average molecular weight is 421 g/mol. The van der Waals surface area contributed by atoms with Crippen molar-refractivity contribution in [2.24, 2.45) is 17.3 Å². The number of aryl methyl sites for hydroxylation is 1. The molecule has 2 aromatic rings.